The van der Waals surface area contributed by atoms with Crippen molar-refractivity contribution >= 4 is 5.78 Å². The van der Waals surface area contributed by atoms with Crippen molar-refractivity contribution in [2.45, 2.75) is 39.5 Å². The van der Waals surface area contributed by atoms with Crippen LogP contribution >= 0.6 is 0 Å². The fourth-order valence-electron chi connectivity index (χ4n) is 1.20. The van der Waals surface area contributed by atoms with Crippen molar-refractivity contribution in [3.63, 3.8) is 0 Å². The second kappa shape index (κ2) is 3.91. The molecule has 0 radical (unpaired) electrons. The van der Waals surface area contributed by atoms with Gasteiger partial charge in [-0.2, -0.15) is 0 Å². The molecule has 14 heavy (non-hydrogen) atoms. The van der Waals surface area contributed by atoms with E-state index in [9.17, 15) is 4.79 Å². The predicted octanol–water partition coefficient (Wildman–Crippen LogP) is 2.97. The molecular formula is C12H17NO. The van der Waals surface area contributed by atoms with E-state index in [1.54, 1.807) is 19.2 Å². The zero-order chi connectivity index (χ0) is 10.8. The predicted molar refractivity (Wildman–Crippen MR) is 57.6 cm³/mol. The van der Waals surface area contributed by atoms with Gasteiger partial charge in [0, 0.05) is 22.9 Å². The molecule has 0 saturated heterocycles. The van der Waals surface area contributed by atoms with E-state index in [4.69, 9.17) is 0 Å². The normalized spacial score (nSPS) is 11.4. The van der Waals surface area contributed by atoms with Crippen LogP contribution in [-0.2, 0) is 5.41 Å². The first-order valence-electron chi connectivity index (χ1n) is 4.95. The highest BCUT2D eigenvalue weighted by molar-refractivity contribution is 5.94. The summed E-state index contributed by atoms with van der Waals surface area (Å²) in [4.78, 5) is 15.5. The maximum atomic E-state index is 11.2. The number of nitrogens with zero attached hydrogens (tertiary/aromatic N) is 1. The average Bonchev–Trinajstić information content (AvgIpc) is 2.18. The second-order valence-electron chi connectivity index (χ2n) is 4.22. The van der Waals surface area contributed by atoms with Crippen LogP contribution in [0.3, 0.4) is 0 Å². The van der Waals surface area contributed by atoms with Crippen molar-refractivity contribution in [1.82, 2.24) is 4.98 Å². The van der Waals surface area contributed by atoms with Gasteiger partial charge < -0.3 is 0 Å². The molecule has 0 aliphatic heterocycles. The molecular weight excluding hydrogens is 174 g/mol. The summed E-state index contributed by atoms with van der Waals surface area (Å²) in [7, 11) is 0. The Morgan fingerprint density at radius 2 is 2.14 bits per heavy atom. The van der Waals surface area contributed by atoms with E-state index in [0.717, 1.165) is 17.7 Å². The van der Waals surface area contributed by atoms with Gasteiger partial charge in [0.25, 0.3) is 0 Å². The van der Waals surface area contributed by atoms with Crippen LogP contribution in [0.5, 0.6) is 0 Å². The number of pyridine rings is 1. The standard InChI is InChI=1S/C12H17NO/c1-5-12(3,4)11-8-10(9(2)14)6-7-13-11/h6-8H,5H2,1-4H3. The molecule has 0 fully saturated rings. The molecule has 0 amide bonds. The third-order valence-corrected chi connectivity index (χ3v) is 2.74. The Morgan fingerprint density at radius 3 is 2.64 bits per heavy atom. The lowest BCUT2D eigenvalue weighted by molar-refractivity contribution is 0.101. The summed E-state index contributed by atoms with van der Waals surface area (Å²) in [5, 5.41) is 0. The van der Waals surface area contributed by atoms with E-state index in [0.29, 0.717) is 0 Å². The molecule has 0 bridgehead atoms. The van der Waals surface area contributed by atoms with Crippen molar-refractivity contribution in [3.8, 4) is 0 Å². The van der Waals surface area contributed by atoms with Crippen LogP contribution < -0.4 is 0 Å². The number of hydrogen-bond acceptors (Lipinski definition) is 2. The summed E-state index contributed by atoms with van der Waals surface area (Å²) >= 11 is 0. The number of carbonyl (C=O) groups is 1. The van der Waals surface area contributed by atoms with E-state index in [1.165, 1.54) is 0 Å². The molecule has 0 aromatic carbocycles. The molecule has 0 N–H and O–H groups in total. The summed E-state index contributed by atoms with van der Waals surface area (Å²) in [5.74, 6) is 0.0977. The Labute approximate surface area is 85.4 Å². The van der Waals surface area contributed by atoms with E-state index in [1.807, 2.05) is 6.07 Å². The highest BCUT2D eigenvalue weighted by Crippen LogP contribution is 2.25. The lowest BCUT2D eigenvalue weighted by atomic mass is 9.85. The van der Waals surface area contributed by atoms with Gasteiger partial charge in [0.2, 0.25) is 0 Å². The van der Waals surface area contributed by atoms with Crippen molar-refractivity contribution < 1.29 is 4.79 Å². The fourth-order valence-corrected chi connectivity index (χ4v) is 1.20. The van der Waals surface area contributed by atoms with Crippen LogP contribution in [-0.4, -0.2) is 10.8 Å². The smallest absolute Gasteiger partial charge is 0.159 e. The third kappa shape index (κ3) is 2.19. The minimum Gasteiger partial charge on any atom is -0.295 e. The highest BCUT2D eigenvalue weighted by atomic mass is 16.1. The number of aromatic nitrogens is 1. The Morgan fingerprint density at radius 1 is 1.50 bits per heavy atom. The van der Waals surface area contributed by atoms with Crippen molar-refractivity contribution in [2.75, 3.05) is 0 Å². The van der Waals surface area contributed by atoms with Crippen LogP contribution in [0.1, 0.15) is 50.2 Å². The van der Waals surface area contributed by atoms with E-state index < -0.39 is 0 Å². The zero-order valence-electron chi connectivity index (χ0n) is 9.29. The Bertz CT molecular complexity index is 342. The number of carbonyl (C=O) groups excluding carboxylic acids is 1. The lowest BCUT2D eigenvalue weighted by Gasteiger charge is -2.22. The Kier molecular flexibility index (Phi) is 3.04. The molecule has 1 aromatic rings. The minimum absolute atomic E-state index is 0.0471. The van der Waals surface area contributed by atoms with Gasteiger partial charge in [0.1, 0.15) is 0 Å². The molecule has 2 heteroatoms. The van der Waals surface area contributed by atoms with Crippen LogP contribution in [0.4, 0.5) is 0 Å². The van der Waals surface area contributed by atoms with E-state index in [2.05, 4.69) is 25.8 Å². The minimum atomic E-state index is 0.0471. The van der Waals surface area contributed by atoms with Crippen molar-refractivity contribution in [2.24, 2.45) is 0 Å². The number of hydrogen-bond donors (Lipinski definition) is 0. The van der Waals surface area contributed by atoms with Crippen molar-refractivity contribution in [1.29, 1.82) is 0 Å². The van der Waals surface area contributed by atoms with Gasteiger partial charge in [0.05, 0.1) is 0 Å². The first-order chi connectivity index (χ1) is 6.47. The van der Waals surface area contributed by atoms with Gasteiger partial charge in [0.15, 0.2) is 5.78 Å². The van der Waals surface area contributed by atoms with Gasteiger partial charge in [-0.05, 0) is 25.5 Å². The number of Topliss-reactive ketones (excluding diaryl/α,β-unsaturated/α-hetero) is 1. The maximum absolute atomic E-state index is 11.2. The molecule has 0 saturated carbocycles. The van der Waals surface area contributed by atoms with Crippen molar-refractivity contribution in [3.05, 3.63) is 29.6 Å². The summed E-state index contributed by atoms with van der Waals surface area (Å²) in [6.07, 6.45) is 2.73. The molecule has 0 spiro atoms. The van der Waals surface area contributed by atoms with Gasteiger partial charge in [-0.15, -0.1) is 0 Å². The molecule has 76 valence electrons. The van der Waals surface area contributed by atoms with Crippen LogP contribution in [0.2, 0.25) is 0 Å². The molecule has 0 aliphatic rings. The Balaban J connectivity index is 3.12. The van der Waals surface area contributed by atoms with Gasteiger partial charge in [-0.1, -0.05) is 20.8 Å². The van der Waals surface area contributed by atoms with Gasteiger partial charge in [-0.25, -0.2) is 0 Å². The summed E-state index contributed by atoms with van der Waals surface area (Å²) in [5.41, 5.74) is 1.79. The Hall–Kier alpha value is -1.18. The SMILES string of the molecule is CCC(C)(C)c1cc(C(C)=O)ccn1. The lowest BCUT2D eigenvalue weighted by Crippen LogP contribution is -2.17. The molecule has 0 aliphatic carbocycles. The summed E-state index contributed by atoms with van der Waals surface area (Å²) in [6.45, 7) is 7.98. The molecule has 1 aromatic heterocycles. The second-order valence-corrected chi connectivity index (χ2v) is 4.22. The third-order valence-electron chi connectivity index (χ3n) is 2.74. The van der Waals surface area contributed by atoms with E-state index >= 15 is 0 Å². The molecule has 0 unspecified atom stereocenters. The van der Waals surface area contributed by atoms with Crippen LogP contribution in [0, 0.1) is 0 Å². The summed E-state index contributed by atoms with van der Waals surface area (Å²) < 4.78 is 0. The first-order valence-corrected chi connectivity index (χ1v) is 4.95. The summed E-state index contributed by atoms with van der Waals surface area (Å²) in [6, 6.07) is 3.66. The maximum Gasteiger partial charge on any atom is 0.159 e. The molecule has 0 atom stereocenters. The molecule has 2 nitrogen and oxygen atoms in total. The van der Waals surface area contributed by atoms with E-state index in [-0.39, 0.29) is 11.2 Å². The van der Waals surface area contributed by atoms with Gasteiger partial charge >= 0.3 is 0 Å². The molecule has 1 heterocycles. The number of rotatable bonds is 3. The van der Waals surface area contributed by atoms with Crippen LogP contribution in [0.25, 0.3) is 0 Å². The number of ketones is 1. The molecule has 1 rings (SSSR count). The van der Waals surface area contributed by atoms with Gasteiger partial charge in [-0.3, -0.25) is 9.78 Å². The fraction of sp³-hybridized carbons (Fsp3) is 0.500. The quantitative estimate of drug-likeness (QED) is 0.687. The largest absolute Gasteiger partial charge is 0.295 e. The monoisotopic (exact) mass is 191 g/mol. The first kappa shape index (κ1) is 10.9. The average molecular weight is 191 g/mol. The topological polar surface area (TPSA) is 30.0 Å². The highest BCUT2D eigenvalue weighted by Gasteiger charge is 2.20. The van der Waals surface area contributed by atoms with Crippen LogP contribution in [0.15, 0.2) is 18.3 Å². The zero-order valence-corrected chi connectivity index (χ0v) is 9.29.